The zero-order valence-corrected chi connectivity index (χ0v) is 8.80. The van der Waals surface area contributed by atoms with Crippen molar-refractivity contribution in [3.63, 3.8) is 0 Å². The molecule has 0 bridgehead atoms. The van der Waals surface area contributed by atoms with Gasteiger partial charge in [-0.1, -0.05) is 0 Å². The lowest BCUT2D eigenvalue weighted by atomic mass is 9.85. The van der Waals surface area contributed by atoms with Crippen LogP contribution in [0.2, 0.25) is 0 Å². The summed E-state index contributed by atoms with van der Waals surface area (Å²) in [6, 6.07) is 0. The number of hydrogen-bond acceptors (Lipinski definition) is 3. The van der Waals surface area contributed by atoms with Gasteiger partial charge in [0.05, 0.1) is 24.4 Å². The summed E-state index contributed by atoms with van der Waals surface area (Å²) in [5.74, 6) is 0. The van der Waals surface area contributed by atoms with Gasteiger partial charge in [0.2, 0.25) is 0 Å². The lowest BCUT2D eigenvalue weighted by Crippen LogP contribution is -2.48. The van der Waals surface area contributed by atoms with Crippen molar-refractivity contribution in [2.45, 2.75) is 44.8 Å². The molecule has 1 rings (SSSR count). The Kier molecular flexibility index (Phi) is 3.33. The Hall–Kier alpha value is -0.120. The average Bonchev–Trinajstić information content (AvgIpc) is 1.98. The maximum absolute atomic E-state index is 10.1. The summed E-state index contributed by atoms with van der Waals surface area (Å²) in [5, 5.41) is 10.1. The first-order valence-electron chi connectivity index (χ1n) is 4.92. The first kappa shape index (κ1) is 11.0. The maximum Gasteiger partial charge on any atom is 0.0929 e. The summed E-state index contributed by atoms with van der Waals surface area (Å²) in [4.78, 5) is 0. The van der Waals surface area contributed by atoms with Crippen molar-refractivity contribution >= 4 is 0 Å². The molecule has 0 aromatic carbocycles. The SMILES string of the molecule is CCOCC1(O)CCOC(C)(C)C1. The molecule has 1 atom stereocenters. The summed E-state index contributed by atoms with van der Waals surface area (Å²) in [7, 11) is 0. The van der Waals surface area contributed by atoms with Crippen LogP contribution in [-0.4, -0.2) is 36.1 Å². The molecule has 1 saturated heterocycles. The van der Waals surface area contributed by atoms with E-state index in [1.165, 1.54) is 0 Å². The highest BCUT2D eigenvalue weighted by molar-refractivity contribution is 4.90. The molecule has 1 N–H and O–H groups in total. The van der Waals surface area contributed by atoms with E-state index in [-0.39, 0.29) is 5.60 Å². The van der Waals surface area contributed by atoms with Gasteiger partial charge in [0.15, 0.2) is 0 Å². The second-order valence-electron chi connectivity index (χ2n) is 4.40. The van der Waals surface area contributed by atoms with E-state index in [9.17, 15) is 5.11 Å². The molecule has 1 aliphatic heterocycles. The van der Waals surface area contributed by atoms with Gasteiger partial charge in [0.1, 0.15) is 0 Å². The van der Waals surface area contributed by atoms with Gasteiger partial charge in [-0.2, -0.15) is 0 Å². The lowest BCUT2D eigenvalue weighted by Gasteiger charge is -2.41. The van der Waals surface area contributed by atoms with Crippen LogP contribution in [0, 0.1) is 0 Å². The molecule has 0 aromatic heterocycles. The monoisotopic (exact) mass is 188 g/mol. The minimum atomic E-state index is -0.683. The molecule has 0 aliphatic carbocycles. The lowest BCUT2D eigenvalue weighted by molar-refractivity contribution is -0.165. The first-order chi connectivity index (χ1) is 5.97. The Morgan fingerprint density at radius 1 is 1.46 bits per heavy atom. The van der Waals surface area contributed by atoms with Crippen LogP contribution in [-0.2, 0) is 9.47 Å². The molecule has 1 fully saturated rings. The largest absolute Gasteiger partial charge is 0.387 e. The normalized spacial score (nSPS) is 33.2. The molecule has 3 nitrogen and oxygen atoms in total. The van der Waals surface area contributed by atoms with E-state index in [4.69, 9.17) is 9.47 Å². The van der Waals surface area contributed by atoms with Crippen molar-refractivity contribution in [2.75, 3.05) is 19.8 Å². The predicted molar refractivity (Wildman–Crippen MR) is 50.7 cm³/mol. The van der Waals surface area contributed by atoms with Gasteiger partial charge in [0, 0.05) is 19.4 Å². The fourth-order valence-electron chi connectivity index (χ4n) is 1.86. The summed E-state index contributed by atoms with van der Waals surface area (Å²) in [6.45, 7) is 7.65. The van der Waals surface area contributed by atoms with Crippen LogP contribution in [0.3, 0.4) is 0 Å². The molecular weight excluding hydrogens is 168 g/mol. The molecule has 3 heteroatoms. The first-order valence-corrected chi connectivity index (χ1v) is 4.92. The molecule has 0 radical (unpaired) electrons. The second kappa shape index (κ2) is 3.95. The summed E-state index contributed by atoms with van der Waals surface area (Å²) in [5.41, 5.74) is -0.901. The molecule has 13 heavy (non-hydrogen) atoms. The second-order valence-corrected chi connectivity index (χ2v) is 4.40. The Morgan fingerprint density at radius 3 is 2.69 bits per heavy atom. The van der Waals surface area contributed by atoms with Gasteiger partial charge >= 0.3 is 0 Å². The predicted octanol–water partition coefficient (Wildman–Crippen LogP) is 1.34. The molecular formula is C10H20O3. The van der Waals surface area contributed by atoms with E-state index in [1.807, 2.05) is 20.8 Å². The summed E-state index contributed by atoms with van der Waals surface area (Å²) in [6.07, 6.45) is 1.33. The number of rotatable bonds is 3. The molecule has 1 aliphatic rings. The maximum atomic E-state index is 10.1. The van der Waals surface area contributed by atoms with Gasteiger partial charge < -0.3 is 14.6 Å². The number of aliphatic hydroxyl groups is 1. The molecule has 0 saturated carbocycles. The van der Waals surface area contributed by atoms with Gasteiger partial charge in [-0.15, -0.1) is 0 Å². The van der Waals surface area contributed by atoms with Crippen LogP contribution in [0.4, 0.5) is 0 Å². The third kappa shape index (κ3) is 3.25. The summed E-state index contributed by atoms with van der Waals surface area (Å²) < 4.78 is 10.8. The zero-order chi connectivity index (χ0) is 9.95. The third-order valence-corrected chi connectivity index (χ3v) is 2.39. The van der Waals surface area contributed by atoms with Crippen molar-refractivity contribution in [1.82, 2.24) is 0 Å². The minimum Gasteiger partial charge on any atom is -0.387 e. The number of hydrogen-bond donors (Lipinski definition) is 1. The van der Waals surface area contributed by atoms with Crippen LogP contribution in [0.15, 0.2) is 0 Å². The van der Waals surface area contributed by atoms with E-state index in [0.29, 0.717) is 32.7 Å². The van der Waals surface area contributed by atoms with Gasteiger partial charge in [0.25, 0.3) is 0 Å². The zero-order valence-electron chi connectivity index (χ0n) is 8.80. The fourth-order valence-corrected chi connectivity index (χ4v) is 1.86. The Bertz CT molecular complexity index is 168. The minimum absolute atomic E-state index is 0.218. The molecule has 0 aromatic rings. The fraction of sp³-hybridized carbons (Fsp3) is 1.00. The van der Waals surface area contributed by atoms with Crippen LogP contribution in [0.25, 0.3) is 0 Å². The molecule has 1 unspecified atom stereocenters. The van der Waals surface area contributed by atoms with E-state index < -0.39 is 5.60 Å². The van der Waals surface area contributed by atoms with E-state index >= 15 is 0 Å². The smallest absolute Gasteiger partial charge is 0.0929 e. The van der Waals surface area contributed by atoms with Crippen molar-refractivity contribution < 1.29 is 14.6 Å². The summed E-state index contributed by atoms with van der Waals surface area (Å²) >= 11 is 0. The number of ether oxygens (including phenoxy) is 2. The van der Waals surface area contributed by atoms with Crippen LogP contribution in [0.1, 0.15) is 33.6 Å². The standard InChI is InChI=1S/C10H20O3/c1-4-12-8-10(11)5-6-13-9(2,3)7-10/h11H,4-8H2,1-3H3. The Labute approximate surface area is 80.0 Å². The van der Waals surface area contributed by atoms with Crippen molar-refractivity contribution in [1.29, 1.82) is 0 Å². The van der Waals surface area contributed by atoms with Gasteiger partial charge in [-0.25, -0.2) is 0 Å². The Morgan fingerprint density at radius 2 is 2.15 bits per heavy atom. The van der Waals surface area contributed by atoms with Crippen LogP contribution >= 0.6 is 0 Å². The van der Waals surface area contributed by atoms with Gasteiger partial charge in [-0.05, 0) is 20.8 Å². The molecule has 1 heterocycles. The highest BCUT2D eigenvalue weighted by Gasteiger charge is 2.39. The van der Waals surface area contributed by atoms with Crippen LogP contribution in [0.5, 0.6) is 0 Å². The molecule has 0 amide bonds. The van der Waals surface area contributed by atoms with E-state index in [1.54, 1.807) is 0 Å². The molecule has 78 valence electrons. The van der Waals surface area contributed by atoms with Crippen molar-refractivity contribution in [2.24, 2.45) is 0 Å². The van der Waals surface area contributed by atoms with Crippen LogP contribution < -0.4 is 0 Å². The van der Waals surface area contributed by atoms with Crippen molar-refractivity contribution in [3.8, 4) is 0 Å². The van der Waals surface area contributed by atoms with Crippen molar-refractivity contribution in [3.05, 3.63) is 0 Å². The van der Waals surface area contributed by atoms with E-state index in [2.05, 4.69) is 0 Å². The third-order valence-electron chi connectivity index (χ3n) is 2.39. The molecule has 0 spiro atoms. The van der Waals surface area contributed by atoms with E-state index in [0.717, 1.165) is 0 Å². The Balaban J connectivity index is 2.47. The highest BCUT2D eigenvalue weighted by atomic mass is 16.5. The van der Waals surface area contributed by atoms with Gasteiger partial charge in [-0.3, -0.25) is 0 Å². The highest BCUT2D eigenvalue weighted by Crippen LogP contribution is 2.31. The topological polar surface area (TPSA) is 38.7 Å². The average molecular weight is 188 g/mol. The quantitative estimate of drug-likeness (QED) is 0.726.